The topological polar surface area (TPSA) is 121 Å². The van der Waals surface area contributed by atoms with Gasteiger partial charge in [0.05, 0.1) is 6.61 Å². The fourth-order valence-electron chi connectivity index (χ4n) is 2.04. The van der Waals surface area contributed by atoms with E-state index in [-0.39, 0.29) is 0 Å². The van der Waals surface area contributed by atoms with Crippen LogP contribution in [-0.4, -0.2) is 61.7 Å². The molecule has 0 aliphatic rings. The zero-order valence-corrected chi connectivity index (χ0v) is 12.0. The maximum Gasteiger partial charge on any atom is 0.139 e. The minimum atomic E-state index is -1.83. The molecule has 0 amide bonds. The maximum absolute atomic E-state index is 10.1. The molecule has 0 aliphatic heterocycles. The second kappa shape index (κ2) is 7.53. The number of allylic oxidation sites excluding steroid dienone is 1. The average Bonchev–Trinajstić information content (AvgIpc) is 2.50. The molecule has 1 aromatic rings. The van der Waals surface area contributed by atoms with Gasteiger partial charge in [0.2, 0.25) is 0 Å². The van der Waals surface area contributed by atoms with Crippen molar-refractivity contribution in [1.82, 2.24) is 0 Å². The maximum atomic E-state index is 10.1. The smallest absolute Gasteiger partial charge is 0.139 e. The molecule has 21 heavy (non-hydrogen) atoms. The van der Waals surface area contributed by atoms with E-state index in [0.29, 0.717) is 11.1 Å². The lowest BCUT2D eigenvalue weighted by Gasteiger charge is -2.26. The SMILES string of the molecule is CC(=C(O)[C@H](O)[C@@H](O)[C@H](O)[C@H](O)CO)c1ccccc1C. The molecule has 0 radical (unpaired) electrons. The summed E-state index contributed by atoms with van der Waals surface area (Å²) in [6, 6.07) is 7.18. The van der Waals surface area contributed by atoms with Gasteiger partial charge in [-0.15, -0.1) is 0 Å². The molecule has 1 aromatic carbocycles. The van der Waals surface area contributed by atoms with Gasteiger partial charge in [0.15, 0.2) is 0 Å². The molecule has 0 bridgehead atoms. The Hall–Kier alpha value is -1.44. The highest BCUT2D eigenvalue weighted by molar-refractivity contribution is 5.68. The van der Waals surface area contributed by atoms with Gasteiger partial charge in [0.1, 0.15) is 30.2 Å². The summed E-state index contributed by atoms with van der Waals surface area (Å²) in [4.78, 5) is 0. The monoisotopic (exact) mass is 298 g/mol. The van der Waals surface area contributed by atoms with Crippen molar-refractivity contribution < 1.29 is 30.6 Å². The lowest BCUT2D eigenvalue weighted by atomic mass is 9.95. The van der Waals surface area contributed by atoms with Crippen molar-refractivity contribution in [2.45, 2.75) is 38.3 Å². The van der Waals surface area contributed by atoms with Crippen molar-refractivity contribution in [1.29, 1.82) is 0 Å². The second-order valence-electron chi connectivity index (χ2n) is 5.00. The van der Waals surface area contributed by atoms with Crippen LogP contribution in [-0.2, 0) is 0 Å². The molecule has 0 heterocycles. The highest BCUT2D eigenvalue weighted by Gasteiger charge is 2.33. The molecule has 0 aliphatic carbocycles. The normalized spacial score (nSPS) is 18.6. The summed E-state index contributed by atoms with van der Waals surface area (Å²) in [6.07, 6.45) is -7.00. The number of aryl methyl sites for hydroxylation is 1. The van der Waals surface area contributed by atoms with Gasteiger partial charge < -0.3 is 30.6 Å². The Bertz CT molecular complexity index is 499. The van der Waals surface area contributed by atoms with Crippen LogP contribution in [0.3, 0.4) is 0 Å². The van der Waals surface area contributed by atoms with Crippen molar-refractivity contribution in [3.63, 3.8) is 0 Å². The molecule has 6 nitrogen and oxygen atoms in total. The van der Waals surface area contributed by atoms with Crippen LogP contribution in [0.1, 0.15) is 18.1 Å². The van der Waals surface area contributed by atoms with Crippen LogP contribution in [0.25, 0.3) is 5.57 Å². The summed E-state index contributed by atoms with van der Waals surface area (Å²) in [6.45, 7) is 2.63. The van der Waals surface area contributed by atoms with Crippen LogP contribution in [0, 0.1) is 6.92 Å². The molecular formula is C15H22O6. The zero-order valence-electron chi connectivity index (χ0n) is 12.0. The first kappa shape index (κ1) is 17.6. The molecule has 118 valence electrons. The van der Waals surface area contributed by atoms with E-state index in [2.05, 4.69) is 0 Å². The lowest BCUT2D eigenvalue weighted by molar-refractivity contribution is -0.112. The van der Waals surface area contributed by atoms with E-state index in [1.54, 1.807) is 19.1 Å². The van der Waals surface area contributed by atoms with Crippen LogP contribution in [0.15, 0.2) is 30.0 Å². The van der Waals surface area contributed by atoms with E-state index in [1.165, 1.54) is 0 Å². The van der Waals surface area contributed by atoms with Crippen LogP contribution in [0.5, 0.6) is 0 Å². The Morgan fingerprint density at radius 3 is 2.14 bits per heavy atom. The molecule has 0 saturated carbocycles. The van der Waals surface area contributed by atoms with Gasteiger partial charge in [-0.05, 0) is 30.5 Å². The molecule has 1 rings (SSSR count). The predicted molar refractivity (Wildman–Crippen MR) is 77.5 cm³/mol. The highest BCUT2D eigenvalue weighted by atomic mass is 16.4. The largest absolute Gasteiger partial charge is 0.509 e. The fraction of sp³-hybridized carbons (Fsp3) is 0.467. The van der Waals surface area contributed by atoms with Crippen LogP contribution >= 0.6 is 0 Å². The predicted octanol–water partition coefficient (Wildman–Crippen LogP) is -0.280. The summed E-state index contributed by atoms with van der Waals surface area (Å²) in [5, 5.41) is 57.3. The number of hydrogen-bond donors (Lipinski definition) is 6. The molecular weight excluding hydrogens is 276 g/mol. The Morgan fingerprint density at radius 1 is 1.05 bits per heavy atom. The Balaban J connectivity index is 3.03. The van der Waals surface area contributed by atoms with E-state index in [1.807, 2.05) is 19.1 Å². The number of benzene rings is 1. The van der Waals surface area contributed by atoms with Crippen LogP contribution < -0.4 is 0 Å². The summed E-state index contributed by atoms with van der Waals surface area (Å²) in [5.41, 5.74) is 1.92. The van der Waals surface area contributed by atoms with Gasteiger partial charge in [0, 0.05) is 0 Å². The summed E-state index contributed by atoms with van der Waals surface area (Å²) in [5.74, 6) is -0.499. The third kappa shape index (κ3) is 4.03. The van der Waals surface area contributed by atoms with E-state index in [0.717, 1.165) is 5.56 Å². The van der Waals surface area contributed by atoms with Crippen molar-refractivity contribution in [3.8, 4) is 0 Å². The quantitative estimate of drug-likeness (QED) is 0.402. The molecule has 4 atom stereocenters. The number of aliphatic hydroxyl groups excluding tert-OH is 6. The third-order valence-corrected chi connectivity index (χ3v) is 3.47. The van der Waals surface area contributed by atoms with Gasteiger partial charge in [-0.3, -0.25) is 0 Å². The molecule has 0 aromatic heterocycles. The van der Waals surface area contributed by atoms with E-state index >= 15 is 0 Å². The molecule has 0 spiro atoms. The fourth-order valence-corrected chi connectivity index (χ4v) is 2.04. The molecule has 0 fully saturated rings. The Morgan fingerprint density at radius 2 is 1.62 bits per heavy atom. The number of rotatable bonds is 6. The van der Waals surface area contributed by atoms with E-state index < -0.39 is 36.8 Å². The first-order chi connectivity index (χ1) is 9.81. The standard InChI is InChI=1S/C15H22O6/c1-8-5-3-4-6-10(8)9(2)12(18)14(20)15(21)13(19)11(17)7-16/h3-6,11,13-21H,7H2,1-2H3/t11-,13-,14+,15+/m1/s1. The van der Waals surface area contributed by atoms with Crippen LogP contribution in [0.2, 0.25) is 0 Å². The van der Waals surface area contributed by atoms with Gasteiger partial charge in [-0.1, -0.05) is 24.3 Å². The van der Waals surface area contributed by atoms with E-state index in [9.17, 15) is 25.5 Å². The zero-order chi connectivity index (χ0) is 16.2. The van der Waals surface area contributed by atoms with Crippen molar-refractivity contribution in [3.05, 3.63) is 41.2 Å². The van der Waals surface area contributed by atoms with E-state index in [4.69, 9.17) is 5.11 Å². The Kier molecular flexibility index (Phi) is 6.32. The average molecular weight is 298 g/mol. The molecule has 0 unspecified atom stereocenters. The minimum absolute atomic E-state index is 0.352. The van der Waals surface area contributed by atoms with Gasteiger partial charge in [-0.25, -0.2) is 0 Å². The minimum Gasteiger partial charge on any atom is -0.509 e. The summed E-state index contributed by atoms with van der Waals surface area (Å²) >= 11 is 0. The Labute approximate surface area is 123 Å². The van der Waals surface area contributed by atoms with Crippen molar-refractivity contribution in [2.24, 2.45) is 0 Å². The molecule has 0 saturated heterocycles. The molecule has 6 heteroatoms. The van der Waals surface area contributed by atoms with Gasteiger partial charge in [0.25, 0.3) is 0 Å². The van der Waals surface area contributed by atoms with Gasteiger partial charge in [-0.2, -0.15) is 0 Å². The first-order valence-electron chi connectivity index (χ1n) is 6.60. The molecule has 6 N–H and O–H groups in total. The van der Waals surface area contributed by atoms with Crippen molar-refractivity contribution in [2.75, 3.05) is 6.61 Å². The van der Waals surface area contributed by atoms with Crippen LogP contribution in [0.4, 0.5) is 0 Å². The first-order valence-corrected chi connectivity index (χ1v) is 6.60. The lowest BCUT2D eigenvalue weighted by Crippen LogP contribution is -2.46. The summed E-state index contributed by atoms with van der Waals surface area (Å²) < 4.78 is 0. The second-order valence-corrected chi connectivity index (χ2v) is 5.00. The highest BCUT2D eigenvalue weighted by Crippen LogP contribution is 2.24. The van der Waals surface area contributed by atoms with Gasteiger partial charge >= 0.3 is 0 Å². The summed E-state index contributed by atoms with van der Waals surface area (Å²) in [7, 11) is 0. The van der Waals surface area contributed by atoms with Crippen molar-refractivity contribution >= 4 is 5.57 Å². The third-order valence-electron chi connectivity index (χ3n) is 3.47. The number of aliphatic hydroxyl groups is 6. The number of hydrogen-bond acceptors (Lipinski definition) is 6.